The van der Waals surface area contributed by atoms with E-state index in [4.69, 9.17) is 27.9 Å². The van der Waals surface area contributed by atoms with Gasteiger partial charge in [-0.3, -0.25) is 4.79 Å². The van der Waals surface area contributed by atoms with E-state index in [2.05, 4.69) is 0 Å². The molecule has 12 heteroatoms. The highest BCUT2D eigenvalue weighted by atomic mass is 35.5. The number of hydrogen-bond acceptors (Lipinski definition) is 4. The van der Waals surface area contributed by atoms with E-state index in [-0.39, 0.29) is 43.6 Å². The van der Waals surface area contributed by atoms with Crippen LogP contribution in [0.15, 0.2) is 35.2 Å². The van der Waals surface area contributed by atoms with E-state index in [0.717, 1.165) is 4.31 Å². The lowest BCUT2D eigenvalue weighted by Gasteiger charge is -2.34. The average Bonchev–Trinajstić information content (AvgIpc) is 2.72. The van der Waals surface area contributed by atoms with E-state index in [1.54, 1.807) is 6.07 Å². The highest BCUT2D eigenvalue weighted by molar-refractivity contribution is 7.89. The number of carbonyl (C=O) groups is 1. The van der Waals surface area contributed by atoms with Crippen molar-refractivity contribution in [2.24, 2.45) is 0 Å². The van der Waals surface area contributed by atoms with Crippen LogP contribution < -0.4 is 4.74 Å². The first-order valence-electron chi connectivity index (χ1n) is 8.60. The molecule has 2 aromatic carbocycles. The van der Waals surface area contributed by atoms with Crippen LogP contribution >= 0.6 is 23.2 Å². The first kappa shape index (κ1) is 22.7. The fourth-order valence-corrected chi connectivity index (χ4v) is 4.66. The molecule has 1 fully saturated rings. The molecule has 0 aromatic heterocycles. The van der Waals surface area contributed by atoms with Crippen molar-refractivity contribution in [2.45, 2.75) is 4.90 Å². The number of benzene rings is 2. The van der Waals surface area contributed by atoms with Crippen LogP contribution in [0.25, 0.3) is 0 Å². The molecule has 0 spiro atoms. The van der Waals surface area contributed by atoms with Crippen molar-refractivity contribution in [1.29, 1.82) is 0 Å². The minimum Gasteiger partial charge on any atom is -0.482 e. The van der Waals surface area contributed by atoms with Crippen LogP contribution in [0.4, 0.5) is 13.2 Å². The van der Waals surface area contributed by atoms with Gasteiger partial charge in [0.2, 0.25) is 10.0 Å². The molecule has 0 saturated carbocycles. The Balaban J connectivity index is 1.62. The maximum absolute atomic E-state index is 13.9. The summed E-state index contributed by atoms with van der Waals surface area (Å²) < 4.78 is 71.8. The predicted octanol–water partition coefficient (Wildman–Crippen LogP) is 3.32. The summed E-state index contributed by atoms with van der Waals surface area (Å²) in [5.41, 5.74) is 0. The maximum atomic E-state index is 13.9. The lowest BCUT2D eigenvalue weighted by Crippen LogP contribution is -2.51. The van der Waals surface area contributed by atoms with Crippen LogP contribution in [0.2, 0.25) is 10.0 Å². The Morgan fingerprint density at radius 1 is 1.00 bits per heavy atom. The maximum Gasteiger partial charge on any atom is 0.260 e. The van der Waals surface area contributed by atoms with Crippen molar-refractivity contribution < 1.29 is 31.1 Å². The third kappa shape index (κ3) is 4.66. The Kier molecular flexibility index (Phi) is 6.81. The molecule has 0 atom stereocenters. The molecule has 0 unspecified atom stereocenters. The molecule has 1 aliphatic heterocycles. The SMILES string of the molecule is O=C(COc1cc(Cl)ccc1Cl)N1CCN(S(=O)(=O)c2ccc(F)c(F)c2F)CC1. The summed E-state index contributed by atoms with van der Waals surface area (Å²) >= 11 is 11.8. The Labute approximate surface area is 180 Å². The first-order valence-corrected chi connectivity index (χ1v) is 10.8. The quantitative estimate of drug-likeness (QED) is 0.613. The van der Waals surface area contributed by atoms with E-state index >= 15 is 0 Å². The van der Waals surface area contributed by atoms with E-state index < -0.39 is 38.3 Å². The summed E-state index contributed by atoms with van der Waals surface area (Å²) in [7, 11) is -4.40. The molecule has 1 saturated heterocycles. The third-order valence-corrected chi connectivity index (χ3v) is 6.92. The Morgan fingerprint density at radius 2 is 1.67 bits per heavy atom. The smallest absolute Gasteiger partial charge is 0.260 e. The van der Waals surface area contributed by atoms with Crippen LogP contribution in [0, 0.1) is 17.5 Å². The minimum atomic E-state index is -4.40. The molecule has 1 aliphatic rings. The van der Waals surface area contributed by atoms with Gasteiger partial charge in [-0.2, -0.15) is 4.31 Å². The summed E-state index contributed by atoms with van der Waals surface area (Å²) in [6.07, 6.45) is 0. The fraction of sp³-hybridized carbons (Fsp3) is 0.278. The van der Waals surface area contributed by atoms with Gasteiger partial charge in [-0.25, -0.2) is 21.6 Å². The van der Waals surface area contributed by atoms with Gasteiger partial charge in [0, 0.05) is 37.3 Å². The summed E-state index contributed by atoms with van der Waals surface area (Å²) in [6.45, 7) is -0.620. The normalized spacial score (nSPS) is 15.3. The second kappa shape index (κ2) is 9.01. The van der Waals surface area contributed by atoms with Crippen molar-refractivity contribution in [2.75, 3.05) is 32.8 Å². The average molecular weight is 483 g/mol. The molecule has 0 aliphatic carbocycles. The van der Waals surface area contributed by atoms with Gasteiger partial charge in [-0.05, 0) is 24.3 Å². The number of nitrogens with zero attached hydrogens (tertiary/aromatic N) is 2. The number of ether oxygens (including phenoxy) is 1. The second-order valence-corrected chi connectivity index (χ2v) is 9.07. The molecule has 2 aromatic rings. The molecule has 6 nitrogen and oxygen atoms in total. The van der Waals surface area contributed by atoms with Crippen LogP contribution in [0.5, 0.6) is 5.75 Å². The third-order valence-electron chi connectivity index (χ3n) is 4.45. The van der Waals surface area contributed by atoms with Gasteiger partial charge in [-0.1, -0.05) is 23.2 Å². The summed E-state index contributed by atoms with van der Waals surface area (Å²) in [4.78, 5) is 12.7. The van der Waals surface area contributed by atoms with E-state index in [1.165, 1.54) is 17.0 Å². The van der Waals surface area contributed by atoms with Crippen LogP contribution in [-0.2, 0) is 14.8 Å². The van der Waals surface area contributed by atoms with E-state index in [0.29, 0.717) is 17.2 Å². The Hall–Kier alpha value is -2.01. The van der Waals surface area contributed by atoms with Gasteiger partial charge in [0.1, 0.15) is 10.6 Å². The van der Waals surface area contributed by atoms with Gasteiger partial charge in [-0.15, -0.1) is 0 Å². The number of piperazine rings is 1. The molecular weight excluding hydrogens is 468 g/mol. The zero-order valence-electron chi connectivity index (χ0n) is 15.2. The highest BCUT2D eigenvalue weighted by Gasteiger charge is 2.33. The highest BCUT2D eigenvalue weighted by Crippen LogP contribution is 2.28. The summed E-state index contributed by atoms with van der Waals surface area (Å²) in [6, 6.07) is 5.75. The largest absolute Gasteiger partial charge is 0.482 e. The van der Waals surface area contributed by atoms with Crippen molar-refractivity contribution in [1.82, 2.24) is 9.21 Å². The van der Waals surface area contributed by atoms with Crippen molar-refractivity contribution in [3.05, 3.63) is 57.8 Å². The van der Waals surface area contributed by atoms with Crippen LogP contribution in [-0.4, -0.2) is 56.3 Å². The lowest BCUT2D eigenvalue weighted by atomic mass is 10.3. The Morgan fingerprint density at radius 3 is 2.33 bits per heavy atom. The minimum absolute atomic E-state index is 0.00992. The van der Waals surface area contributed by atoms with Gasteiger partial charge >= 0.3 is 0 Å². The van der Waals surface area contributed by atoms with E-state index in [1.807, 2.05) is 0 Å². The van der Waals surface area contributed by atoms with Gasteiger partial charge < -0.3 is 9.64 Å². The van der Waals surface area contributed by atoms with Gasteiger partial charge in [0.05, 0.1) is 5.02 Å². The fourth-order valence-electron chi connectivity index (χ4n) is 2.84. The molecule has 0 bridgehead atoms. The monoisotopic (exact) mass is 482 g/mol. The van der Waals surface area contributed by atoms with Gasteiger partial charge in [0.15, 0.2) is 24.1 Å². The molecule has 30 heavy (non-hydrogen) atoms. The number of hydrogen-bond donors (Lipinski definition) is 0. The molecule has 0 N–H and O–H groups in total. The van der Waals surface area contributed by atoms with Crippen molar-refractivity contribution in [3.63, 3.8) is 0 Å². The first-order chi connectivity index (χ1) is 14.1. The standard InChI is InChI=1S/C18H15Cl2F3N2O4S/c19-11-1-2-12(20)14(9-11)29-10-16(26)24-5-7-25(8-6-24)30(27,28)15-4-3-13(21)17(22)18(15)23/h1-4,9H,5-8,10H2. The Bertz CT molecular complexity index is 1080. The predicted molar refractivity (Wildman–Crippen MR) is 104 cm³/mol. The van der Waals surface area contributed by atoms with E-state index in [9.17, 15) is 26.4 Å². The molecule has 0 radical (unpaired) electrons. The lowest BCUT2D eigenvalue weighted by molar-refractivity contribution is -0.134. The summed E-state index contributed by atoms with van der Waals surface area (Å²) in [5, 5.41) is 0.654. The van der Waals surface area contributed by atoms with Crippen molar-refractivity contribution in [3.8, 4) is 5.75 Å². The molecular formula is C18H15Cl2F3N2O4S. The molecule has 162 valence electrons. The summed E-state index contributed by atoms with van der Waals surface area (Å²) in [5.74, 6) is -5.31. The molecule has 3 rings (SSSR count). The van der Waals surface area contributed by atoms with Crippen molar-refractivity contribution >= 4 is 39.1 Å². The molecule has 1 amide bonds. The number of sulfonamides is 1. The number of amides is 1. The topological polar surface area (TPSA) is 66.9 Å². The van der Waals surface area contributed by atoms with Gasteiger partial charge in [0.25, 0.3) is 5.91 Å². The number of carbonyl (C=O) groups excluding carboxylic acids is 1. The molecule has 1 heterocycles. The second-order valence-electron chi connectivity index (χ2n) is 6.32. The van der Waals surface area contributed by atoms with Crippen LogP contribution in [0.3, 0.4) is 0 Å². The number of rotatable bonds is 5. The zero-order chi connectivity index (χ0) is 22.1. The van der Waals surface area contributed by atoms with Crippen LogP contribution in [0.1, 0.15) is 0 Å². The zero-order valence-corrected chi connectivity index (χ0v) is 17.6. The number of halogens is 5.